The molecule has 2 fully saturated rings. The van der Waals surface area contributed by atoms with Crippen molar-refractivity contribution < 1.29 is 8.78 Å². The van der Waals surface area contributed by atoms with E-state index >= 15 is 0 Å². The lowest BCUT2D eigenvalue weighted by Gasteiger charge is -2.30. The maximum atomic E-state index is 15.0. The fourth-order valence-electron chi connectivity index (χ4n) is 5.36. The number of halogens is 2. The van der Waals surface area contributed by atoms with E-state index in [-0.39, 0.29) is 17.1 Å². The van der Waals surface area contributed by atoms with Crippen LogP contribution in [0.15, 0.2) is 36.7 Å². The SMILES string of the molecule is Cc1nc2c(F)cc(-c3cc(Nc4nccc(CN5C[C@@H]6CN[C@@H]6C5)n4)ncc3F)cc2n1C(C)C. The van der Waals surface area contributed by atoms with Crippen molar-refractivity contribution in [2.24, 2.45) is 5.92 Å². The van der Waals surface area contributed by atoms with Crippen molar-refractivity contribution in [1.82, 2.24) is 34.7 Å². The molecule has 186 valence electrons. The van der Waals surface area contributed by atoms with Gasteiger partial charge in [-0.1, -0.05) is 0 Å². The average molecular weight is 491 g/mol. The molecule has 0 saturated carbocycles. The molecule has 2 N–H and O–H groups in total. The van der Waals surface area contributed by atoms with E-state index < -0.39 is 11.6 Å². The molecule has 0 radical (unpaired) electrons. The third-order valence-corrected chi connectivity index (χ3v) is 7.11. The molecule has 0 aliphatic carbocycles. The van der Waals surface area contributed by atoms with Crippen LogP contribution in [0.2, 0.25) is 0 Å². The molecule has 4 aromatic rings. The Kier molecular flexibility index (Phi) is 5.65. The summed E-state index contributed by atoms with van der Waals surface area (Å²) in [6.45, 7) is 9.79. The minimum absolute atomic E-state index is 0.0839. The lowest BCUT2D eigenvalue weighted by Crippen LogP contribution is -2.51. The minimum Gasteiger partial charge on any atom is -0.326 e. The van der Waals surface area contributed by atoms with Gasteiger partial charge in [-0.15, -0.1) is 0 Å². The van der Waals surface area contributed by atoms with Crippen LogP contribution in [0.5, 0.6) is 0 Å². The molecular weight excluding hydrogens is 462 g/mol. The number of aryl methyl sites for hydroxylation is 1. The molecule has 8 nitrogen and oxygen atoms in total. The van der Waals surface area contributed by atoms with Crippen molar-refractivity contribution in [3.8, 4) is 11.1 Å². The number of nitrogens with zero attached hydrogens (tertiary/aromatic N) is 6. The van der Waals surface area contributed by atoms with Crippen molar-refractivity contribution in [3.05, 3.63) is 59.8 Å². The van der Waals surface area contributed by atoms with Gasteiger partial charge in [-0.05, 0) is 50.6 Å². The predicted molar refractivity (Wildman–Crippen MR) is 134 cm³/mol. The maximum absolute atomic E-state index is 15.0. The zero-order valence-corrected chi connectivity index (χ0v) is 20.5. The molecule has 2 saturated heterocycles. The van der Waals surface area contributed by atoms with Crippen LogP contribution in [0, 0.1) is 24.5 Å². The lowest BCUT2D eigenvalue weighted by molar-refractivity contribution is 0.295. The van der Waals surface area contributed by atoms with Gasteiger partial charge >= 0.3 is 0 Å². The summed E-state index contributed by atoms with van der Waals surface area (Å²) in [7, 11) is 0. The molecule has 10 heteroatoms. The molecule has 6 rings (SSSR count). The van der Waals surface area contributed by atoms with E-state index in [0.29, 0.717) is 34.7 Å². The highest BCUT2D eigenvalue weighted by Gasteiger charge is 2.38. The Hall–Kier alpha value is -3.50. The molecule has 0 bridgehead atoms. The number of nitrogens with one attached hydrogen (secondary N) is 2. The second-order valence-corrected chi connectivity index (χ2v) is 9.96. The van der Waals surface area contributed by atoms with E-state index in [2.05, 4.69) is 35.5 Å². The van der Waals surface area contributed by atoms with Crippen LogP contribution in [0.3, 0.4) is 0 Å². The summed E-state index contributed by atoms with van der Waals surface area (Å²) in [4.78, 5) is 19.9. The molecule has 2 aliphatic rings. The van der Waals surface area contributed by atoms with Crippen LogP contribution in [-0.2, 0) is 6.54 Å². The van der Waals surface area contributed by atoms with Gasteiger partial charge in [-0.2, -0.15) is 0 Å². The summed E-state index contributed by atoms with van der Waals surface area (Å²) in [6.07, 6.45) is 2.83. The maximum Gasteiger partial charge on any atom is 0.228 e. The van der Waals surface area contributed by atoms with Gasteiger partial charge in [-0.25, -0.2) is 28.7 Å². The van der Waals surface area contributed by atoms with E-state index in [4.69, 9.17) is 0 Å². The van der Waals surface area contributed by atoms with Gasteiger partial charge in [0.05, 0.1) is 17.4 Å². The summed E-state index contributed by atoms with van der Waals surface area (Å²) in [5.41, 5.74) is 2.46. The predicted octanol–water partition coefficient (Wildman–Crippen LogP) is 4.20. The summed E-state index contributed by atoms with van der Waals surface area (Å²) >= 11 is 0. The molecule has 1 aromatic carbocycles. The Morgan fingerprint density at radius 1 is 1.11 bits per heavy atom. The van der Waals surface area contributed by atoms with Crippen molar-refractivity contribution in [1.29, 1.82) is 0 Å². The standard InChI is InChI=1S/C26H28F2N8/c1-14(2)36-15(3)32-25-20(27)6-16(7-23(25)36)19-8-24(31-10-21(19)28)34-26-29-5-4-18(33-26)12-35-11-17-9-30-22(17)13-35/h4-8,10,14,17,22,30H,9,11-13H2,1-3H3,(H,29,31,33,34)/t17-,22+/m0/s1. The third-order valence-electron chi connectivity index (χ3n) is 7.11. The number of likely N-dealkylation sites (tertiary alicyclic amines) is 1. The Bertz CT molecular complexity index is 1440. The first-order valence-corrected chi connectivity index (χ1v) is 12.2. The molecule has 0 unspecified atom stereocenters. The van der Waals surface area contributed by atoms with Gasteiger partial charge in [0.1, 0.15) is 23.0 Å². The van der Waals surface area contributed by atoms with Crippen molar-refractivity contribution in [2.75, 3.05) is 25.0 Å². The third kappa shape index (κ3) is 4.10. The molecule has 0 spiro atoms. The number of benzene rings is 1. The number of pyridine rings is 1. The molecule has 0 amide bonds. The Labute approximate surface area is 207 Å². The molecular formula is C26H28F2N8. The van der Waals surface area contributed by atoms with E-state index in [9.17, 15) is 8.78 Å². The topological polar surface area (TPSA) is 83.8 Å². The minimum atomic E-state index is -0.543. The zero-order valence-electron chi connectivity index (χ0n) is 20.5. The first kappa shape index (κ1) is 22.9. The van der Waals surface area contributed by atoms with Crippen molar-refractivity contribution >= 4 is 22.8 Å². The number of imidazole rings is 1. The molecule has 5 heterocycles. The Morgan fingerprint density at radius 2 is 1.97 bits per heavy atom. The highest BCUT2D eigenvalue weighted by molar-refractivity contribution is 5.84. The van der Waals surface area contributed by atoms with Gasteiger partial charge in [0.25, 0.3) is 0 Å². The van der Waals surface area contributed by atoms with E-state index in [0.717, 1.165) is 44.0 Å². The first-order valence-electron chi connectivity index (χ1n) is 12.2. The number of fused-ring (bicyclic) bond motifs is 2. The number of hydrogen-bond acceptors (Lipinski definition) is 7. The molecule has 36 heavy (non-hydrogen) atoms. The van der Waals surface area contributed by atoms with Gasteiger partial charge < -0.3 is 15.2 Å². The Balaban J connectivity index is 1.28. The zero-order chi connectivity index (χ0) is 25.0. The normalized spacial score (nSPS) is 19.6. The number of hydrogen-bond donors (Lipinski definition) is 2. The lowest BCUT2D eigenvalue weighted by atomic mass is 9.96. The fraction of sp³-hybridized carbons (Fsp3) is 0.385. The van der Waals surface area contributed by atoms with Crippen LogP contribution in [0.1, 0.15) is 31.4 Å². The summed E-state index contributed by atoms with van der Waals surface area (Å²) in [6, 6.07) is 7.23. The second kappa shape index (κ2) is 8.86. The highest BCUT2D eigenvalue weighted by atomic mass is 19.1. The largest absolute Gasteiger partial charge is 0.326 e. The number of anilines is 2. The van der Waals surface area contributed by atoms with Crippen LogP contribution in [0.4, 0.5) is 20.5 Å². The monoisotopic (exact) mass is 490 g/mol. The van der Waals surface area contributed by atoms with Gasteiger partial charge in [0, 0.05) is 55.9 Å². The summed E-state index contributed by atoms with van der Waals surface area (Å²) < 4.78 is 31.8. The van der Waals surface area contributed by atoms with Crippen LogP contribution < -0.4 is 10.6 Å². The first-order chi connectivity index (χ1) is 17.4. The summed E-state index contributed by atoms with van der Waals surface area (Å²) in [5, 5.41) is 6.54. The second-order valence-electron chi connectivity index (χ2n) is 9.96. The number of aromatic nitrogens is 5. The van der Waals surface area contributed by atoms with Crippen LogP contribution >= 0.6 is 0 Å². The summed E-state index contributed by atoms with van der Waals surface area (Å²) in [5.74, 6) is 1.17. The average Bonchev–Trinajstić information content (AvgIpc) is 3.31. The smallest absolute Gasteiger partial charge is 0.228 e. The highest BCUT2D eigenvalue weighted by Crippen LogP contribution is 2.32. The van der Waals surface area contributed by atoms with Gasteiger partial charge in [-0.3, -0.25) is 4.90 Å². The quantitative estimate of drug-likeness (QED) is 0.419. The van der Waals surface area contributed by atoms with Gasteiger partial charge in [0.2, 0.25) is 5.95 Å². The van der Waals surface area contributed by atoms with Crippen LogP contribution in [0.25, 0.3) is 22.2 Å². The number of rotatable bonds is 6. The van der Waals surface area contributed by atoms with E-state index in [1.807, 2.05) is 31.4 Å². The molecule has 2 atom stereocenters. The van der Waals surface area contributed by atoms with E-state index in [1.165, 1.54) is 6.07 Å². The molecule has 3 aromatic heterocycles. The van der Waals surface area contributed by atoms with Crippen molar-refractivity contribution in [2.45, 2.75) is 39.4 Å². The van der Waals surface area contributed by atoms with Crippen LogP contribution in [-0.4, -0.2) is 55.1 Å². The fourth-order valence-corrected chi connectivity index (χ4v) is 5.36. The van der Waals surface area contributed by atoms with Gasteiger partial charge in [0.15, 0.2) is 5.82 Å². The Morgan fingerprint density at radius 3 is 2.69 bits per heavy atom. The van der Waals surface area contributed by atoms with E-state index in [1.54, 1.807) is 18.3 Å². The molecule has 2 aliphatic heterocycles. The van der Waals surface area contributed by atoms with Crippen molar-refractivity contribution in [3.63, 3.8) is 0 Å².